The number of hydrogen-bond acceptors (Lipinski definition) is 5. The Balaban J connectivity index is 1.69. The summed E-state index contributed by atoms with van der Waals surface area (Å²) in [7, 11) is 0. The molecule has 1 unspecified atom stereocenters. The van der Waals surface area contributed by atoms with E-state index in [4.69, 9.17) is 0 Å². The number of nitrogens with one attached hydrogen (secondary N) is 1. The standard InChI is InChI=1S/C18H14F3N7/c19-18(20,21)14-4-1-3-11-9-13(26-28(11)14)16-15-12(24-10-25-15)5-8-27(16)17-22-6-2-7-23-17/h1-4,6-7,9-10,16H,5,8H2,(H,24,25). The number of imidazole rings is 1. The van der Waals surface area contributed by atoms with Crippen LogP contribution < -0.4 is 4.90 Å². The molecule has 5 heterocycles. The largest absolute Gasteiger partial charge is 0.433 e. The topological polar surface area (TPSA) is 75.0 Å². The van der Waals surface area contributed by atoms with Gasteiger partial charge >= 0.3 is 6.18 Å². The molecule has 0 saturated carbocycles. The molecule has 7 nitrogen and oxygen atoms in total. The molecule has 0 aliphatic carbocycles. The number of pyridine rings is 1. The molecular formula is C18H14F3N7. The summed E-state index contributed by atoms with van der Waals surface area (Å²) in [6.45, 7) is 0.587. The molecule has 28 heavy (non-hydrogen) atoms. The third-order valence-electron chi connectivity index (χ3n) is 4.81. The average Bonchev–Trinajstić information content (AvgIpc) is 3.33. The van der Waals surface area contributed by atoms with Crippen molar-refractivity contribution < 1.29 is 13.2 Å². The first-order valence-corrected chi connectivity index (χ1v) is 8.64. The number of H-pyrrole nitrogens is 1. The van der Waals surface area contributed by atoms with Gasteiger partial charge in [-0.1, -0.05) is 6.07 Å². The molecule has 0 bridgehead atoms. The zero-order chi connectivity index (χ0) is 19.3. The molecule has 0 spiro atoms. The molecule has 1 aliphatic heterocycles. The number of alkyl halides is 3. The lowest BCUT2D eigenvalue weighted by Gasteiger charge is -2.33. The van der Waals surface area contributed by atoms with E-state index in [0.29, 0.717) is 30.1 Å². The fraction of sp³-hybridized carbons (Fsp3) is 0.222. The van der Waals surface area contributed by atoms with Crippen LogP contribution in [-0.2, 0) is 12.6 Å². The van der Waals surface area contributed by atoms with Crippen LogP contribution in [0.5, 0.6) is 0 Å². The van der Waals surface area contributed by atoms with Gasteiger partial charge in [0.05, 0.1) is 23.2 Å². The van der Waals surface area contributed by atoms with E-state index < -0.39 is 17.9 Å². The van der Waals surface area contributed by atoms with Crippen LogP contribution in [0.2, 0.25) is 0 Å². The molecule has 0 saturated heterocycles. The summed E-state index contributed by atoms with van der Waals surface area (Å²) >= 11 is 0. The van der Waals surface area contributed by atoms with Crippen molar-refractivity contribution in [1.82, 2.24) is 29.5 Å². The molecule has 1 N–H and O–H groups in total. The third kappa shape index (κ3) is 2.60. The van der Waals surface area contributed by atoms with Crippen LogP contribution in [0.1, 0.15) is 28.8 Å². The maximum Gasteiger partial charge on any atom is 0.433 e. The van der Waals surface area contributed by atoms with E-state index in [0.717, 1.165) is 22.0 Å². The fourth-order valence-corrected chi connectivity index (χ4v) is 3.61. The first-order chi connectivity index (χ1) is 13.5. The molecular weight excluding hydrogens is 371 g/mol. The highest BCUT2D eigenvalue weighted by Crippen LogP contribution is 2.36. The lowest BCUT2D eigenvalue weighted by Crippen LogP contribution is -2.37. The summed E-state index contributed by atoms with van der Waals surface area (Å²) in [5.41, 5.74) is 1.65. The van der Waals surface area contributed by atoms with Gasteiger partial charge in [0.2, 0.25) is 5.95 Å². The fourth-order valence-electron chi connectivity index (χ4n) is 3.61. The average molecular weight is 385 g/mol. The third-order valence-corrected chi connectivity index (χ3v) is 4.81. The van der Waals surface area contributed by atoms with Crippen LogP contribution in [0.25, 0.3) is 5.52 Å². The number of rotatable bonds is 2. The molecule has 4 aromatic rings. The first-order valence-electron chi connectivity index (χ1n) is 8.64. The molecule has 0 radical (unpaired) electrons. The Kier molecular flexibility index (Phi) is 3.61. The summed E-state index contributed by atoms with van der Waals surface area (Å²) in [5.74, 6) is 0.481. The second-order valence-electron chi connectivity index (χ2n) is 6.48. The summed E-state index contributed by atoms with van der Waals surface area (Å²) in [6.07, 6.45) is 1.04. The minimum atomic E-state index is -4.50. The predicted octanol–water partition coefficient (Wildman–Crippen LogP) is 3.02. The summed E-state index contributed by atoms with van der Waals surface area (Å²) in [6, 6.07) is 6.87. The van der Waals surface area contributed by atoms with Crippen molar-refractivity contribution in [2.24, 2.45) is 0 Å². The monoisotopic (exact) mass is 385 g/mol. The van der Waals surface area contributed by atoms with Crippen molar-refractivity contribution >= 4 is 11.5 Å². The van der Waals surface area contributed by atoms with Crippen molar-refractivity contribution in [3.8, 4) is 0 Å². The van der Waals surface area contributed by atoms with E-state index in [1.165, 1.54) is 6.07 Å². The Morgan fingerprint density at radius 2 is 1.89 bits per heavy atom. The second kappa shape index (κ2) is 6.04. The Labute approximate surface area is 156 Å². The smallest absolute Gasteiger partial charge is 0.348 e. The van der Waals surface area contributed by atoms with Gasteiger partial charge in [-0.15, -0.1) is 0 Å². The Bertz CT molecular complexity index is 1130. The van der Waals surface area contributed by atoms with Gasteiger partial charge in [-0.25, -0.2) is 19.5 Å². The quantitative estimate of drug-likeness (QED) is 0.574. The van der Waals surface area contributed by atoms with Crippen LogP contribution in [-0.4, -0.2) is 36.1 Å². The molecule has 10 heteroatoms. The van der Waals surface area contributed by atoms with Crippen LogP contribution >= 0.6 is 0 Å². The van der Waals surface area contributed by atoms with Crippen molar-refractivity contribution in [2.75, 3.05) is 11.4 Å². The second-order valence-corrected chi connectivity index (χ2v) is 6.48. The SMILES string of the molecule is FC(F)(F)c1cccc2cc(C3c4nc[nH]c4CCN3c3ncccn3)nn12. The first kappa shape index (κ1) is 16.7. The maximum atomic E-state index is 13.4. The minimum Gasteiger partial charge on any atom is -0.348 e. The highest BCUT2D eigenvalue weighted by atomic mass is 19.4. The number of aromatic amines is 1. The summed E-state index contributed by atoms with van der Waals surface area (Å²) in [5, 5.41) is 4.30. The van der Waals surface area contributed by atoms with E-state index >= 15 is 0 Å². The van der Waals surface area contributed by atoms with E-state index in [9.17, 15) is 13.2 Å². The zero-order valence-electron chi connectivity index (χ0n) is 14.4. The van der Waals surface area contributed by atoms with Gasteiger partial charge in [0.1, 0.15) is 11.7 Å². The van der Waals surface area contributed by atoms with Crippen LogP contribution in [0.4, 0.5) is 19.1 Å². The highest BCUT2D eigenvalue weighted by molar-refractivity contribution is 5.53. The normalized spacial score (nSPS) is 17.1. The van der Waals surface area contributed by atoms with Gasteiger partial charge in [0.15, 0.2) is 0 Å². The van der Waals surface area contributed by atoms with Gasteiger partial charge in [-0.3, -0.25) is 0 Å². The molecule has 4 aromatic heterocycles. The molecule has 5 rings (SSSR count). The van der Waals surface area contributed by atoms with Crippen LogP contribution in [0, 0.1) is 0 Å². The minimum absolute atomic E-state index is 0.362. The van der Waals surface area contributed by atoms with Gasteiger partial charge in [-0.2, -0.15) is 18.3 Å². The van der Waals surface area contributed by atoms with Crippen molar-refractivity contribution in [3.05, 3.63) is 71.8 Å². The number of hydrogen-bond donors (Lipinski definition) is 1. The zero-order valence-corrected chi connectivity index (χ0v) is 14.4. The maximum absolute atomic E-state index is 13.4. The van der Waals surface area contributed by atoms with Crippen molar-refractivity contribution in [2.45, 2.75) is 18.6 Å². The lowest BCUT2D eigenvalue weighted by molar-refractivity contribution is -0.142. The van der Waals surface area contributed by atoms with Gasteiger partial charge in [0.25, 0.3) is 0 Å². The van der Waals surface area contributed by atoms with Crippen LogP contribution in [0.3, 0.4) is 0 Å². The Morgan fingerprint density at radius 3 is 2.68 bits per heavy atom. The number of nitrogens with zero attached hydrogens (tertiary/aromatic N) is 6. The number of fused-ring (bicyclic) bond motifs is 2. The molecule has 142 valence electrons. The van der Waals surface area contributed by atoms with Gasteiger partial charge in [-0.05, 0) is 24.3 Å². The number of halogens is 3. The summed E-state index contributed by atoms with van der Waals surface area (Å²) < 4.78 is 41.1. The number of anilines is 1. The summed E-state index contributed by atoms with van der Waals surface area (Å²) in [4.78, 5) is 18.0. The van der Waals surface area contributed by atoms with Crippen molar-refractivity contribution in [1.29, 1.82) is 0 Å². The molecule has 1 aliphatic rings. The van der Waals surface area contributed by atoms with Gasteiger partial charge in [0, 0.05) is 31.1 Å². The van der Waals surface area contributed by atoms with Crippen molar-refractivity contribution in [3.63, 3.8) is 0 Å². The lowest BCUT2D eigenvalue weighted by atomic mass is 10.0. The van der Waals surface area contributed by atoms with E-state index in [1.54, 1.807) is 36.9 Å². The van der Waals surface area contributed by atoms with E-state index in [-0.39, 0.29) is 0 Å². The Hall–Kier alpha value is -3.43. The van der Waals surface area contributed by atoms with Gasteiger partial charge < -0.3 is 9.88 Å². The van der Waals surface area contributed by atoms with E-state index in [1.807, 2.05) is 4.90 Å². The molecule has 0 aromatic carbocycles. The highest BCUT2D eigenvalue weighted by Gasteiger charge is 2.37. The number of aromatic nitrogens is 6. The molecule has 0 fully saturated rings. The van der Waals surface area contributed by atoms with Crippen LogP contribution in [0.15, 0.2) is 49.1 Å². The Morgan fingerprint density at radius 1 is 1.07 bits per heavy atom. The molecule has 0 amide bonds. The van der Waals surface area contributed by atoms with E-state index in [2.05, 4.69) is 25.0 Å². The predicted molar refractivity (Wildman–Crippen MR) is 93.7 cm³/mol. The molecule has 1 atom stereocenters.